The minimum atomic E-state index is -1.09. The average molecular weight is 377 g/mol. The summed E-state index contributed by atoms with van der Waals surface area (Å²) < 4.78 is 10.9. The van der Waals surface area contributed by atoms with E-state index in [1.807, 2.05) is 13.8 Å². The van der Waals surface area contributed by atoms with Crippen molar-refractivity contribution in [1.82, 2.24) is 0 Å². The second-order valence-corrected chi connectivity index (χ2v) is 7.36. The summed E-state index contributed by atoms with van der Waals surface area (Å²) in [4.78, 5) is 11.6. The van der Waals surface area contributed by atoms with Crippen LogP contribution in [0, 0.1) is 5.92 Å². The molecule has 0 saturated carbocycles. The molecule has 5 heteroatoms. The summed E-state index contributed by atoms with van der Waals surface area (Å²) in [6, 6.07) is 14.3. The van der Waals surface area contributed by atoms with E-state index in [4.69, 9.17) is 21.1 Å². The fourth-order valence-corrected chi connectivity index (χ4v) is 2.55. The maximum atomic E-state index is 11.6. The largest absolute Gasteiger partial charge is 0.466 e. The van der Waals surface area contributed by atoms with Gasteiger partial charge in [0.2, 0.25) is 0 Å². The van der Waals surface area contributed by atoms with Crippen LogP contribution in [0.4, 0.5) is 0 Å². The van der Waals surface area contributed by atoms with Crippen molar-refractivity contribution >= 4 is 17.6 Å². The quantitative estimate of drug-likeness (QED) is 0.633. The Labute approximate surface area is 159 Å². The Bertz CT molecular complexity index is 706. The summed E-state index contributed by atoms with van der Waals surface area (Å²) >= 11 is 5.86. The van der Waals surface area contributed by atoms with E-state index in [-0.39, 0.29) is 18.5 Å². The highest BCUT2D eigenvalue weighted by Gasteiger charge is 2.23. The predicted octanol–water partition coefficient (Wildman–Crippen LogP) is 5.32. The summed E-state index contributed by atoms with van der Waals surface area (Å²) in [7, 11) is 0. The minimum absolute atomic E-state index is 0.182. The second kappa shape index (κ2) is 9.06. The van der Waals surface area contributed by atoms with Crippen LogP contribution in [0.3, 0.4) is 0 Å². The van der Waals surface area contributed by atoms with Gasteiger partial charge in [0.1, 0.15) is 11.5 Å². The van der Waals surface area contributed by atoms with E-state index in [2.05, 4.69) is 0 Å². The second-order valence-electron chi connectivity index (χ2n) is 6.92. The zero-order valence-corrected chi connectivity index (χ0v) is 16.1. The highest BCUT2D eigenvalue weighted by atomic mass is 35.5. The molecule has 0 spiro atoms. The van der Waals surface area contributed by atoms with Crippen LogP contribution in [0.2, 0.25) is 5.02 Å². The molecule has 0 bridgehead atoms. The van der Waals surface area contributed by atoms with Gasteiger partial charge in [-0.1, -0.05) is 37.6 Å². The van der Waals surface area contributed by atoms with Gasteiger partial charge in [0, 0.05) is 17.9 Å². The molecule has 1 atom stereocenters. The van der Waals surface area contributed by atoms with Gasteiger partial charge in [0.05, 0.1) is 12.2 Å². The molecule has 0 aromatic heterocycles. The predicted molar refractivity (Wildman–Crippen MR) is 103 cm³/mol. The van der Waals surface area contributed by atoms with E-state index in [0.717, 1.165) is 5.56 Å². The molecular weight excluding hydrogens is 352 g/mol. The Balaban J connectivity index is 1.91. The highest BCUT2D eigenvalue weighted by Crippen LogP contribution is 2.28. The van der Waals surface area contributed by atoms with Crippen LogP contribution in [-0.4, -0.2) is 17.7 Å². The maximum absolute atomic E-state index is 11.6. The molecule has 0 saturated heterocycles. The van der Waals surface area contributed by atoms with E-state index in [1.54, 1.807) is 55.5 Å². The van der Waals surface area contributed by atoms with Crippen LogP contribution in [-0.2, 0) is 15.1 Å². The number of benzene rings is 2. The summed E-state index contributed by atoms with van der Waals surface area (Å²) in [6.07, 6.45) is 0.715. The Morgan fingerprint density at radius 3 is 2.15 bits per heavy atom. The number of hydrogen-bond donors (Lipinski definition) is 1. The van der Waals surface area contributed by atoms with Crippen molar-refractivity contribution < 1.29 is 19.4 Å². The molecule has 26 heavy (non-hydrogen) atoms. The van der Waals surface area contributed by atoms with Crippen LogP contribution >= 0.6 is 11.6 Å². The molecule has 0 aliphatic rings. The van der Waals surface area contributed by atoms with Crippen molar-refractivity contribution in [3.8, 4) is 11.5 Å². The standard InChI is InChI=1S/C21H25ClO4/c1-15(2)14-20(23)25-13-12-21(3,24)16-4-8-18(9-5-16)26-19-10-6-17(22)7-11-19/h4-11,15,24H,12-14H2,1-3H3. The van der Waals surface area contributed by atoms with Gasteiger partial charge in [0.15, 0.2) is 0 Å². The molecule has 0 amide bonds. The lowest BCUT2D eigenvalue weighted by atomic mass is 9.93. The third kappa shape index (κ3) is 6.36. The number of aliphatic hydroxyl groups is 1. The SMILES string of the molecule is CC(C)CC(=O)OCCC(C)(O)c1ccc(Oc2ccc(Cl)cc2)cc1. The minimum Gasteiger partial charge on any atom is -0.466 e. The first kappa shape index (κ1) is 20.3. The molecule has 0 aliphatic carbocycles. The molecule has 0 aliphatic heterocycles. The number of ether oxygens (including phenoxy) is 2. The Kier molecular flexibility index (Phi) is 7.06. The Morgan fingerprint density at radius 2 is 1.62 bits per heavy atom. The third-order valence-corrected chi connectivity index (χ3v) is 4.20. The zero-order chi connectivity index (χ0) is 19.2. The fourth-order valence-electron chi connectivity index (χ4n) is 2.42. The molecule has 2 aromatic rings. The number of hydrogen-bond acceptors (Lipinski definition) is 4. The summed E-state index contributed by atoms with van der Waals surface area (Å²) in [5, 5.41) is 11.3. The Hall–Kier alpha value is -2.04. The molecule has 2 rings (SSSR count). The summed E-state index contributed by atoms with van der Waals surface area (Å²) in [5.74, 6) is 1.37. The van der Waals surface area contributed by atoms with Gasteiger partial charge < -0.3 is 14.6 Å². The van der Waals surface area contributed by atoms with E-state index in [9.17, 15) is 9.90 Å². The number of esters is 1. The van der Waals surface area contributed by atoms with Gasteiger partial charge >= 0.3 is 5.97 Å². The van der Waals surface area contributed by atoms with Gasteiger partial charge in [-0.15, -0.1) is 0 Å². The van der Waals surface area contributed by atoms with Gasteiger partial charge in [-0.3, -0.25) is 4.79 Å². The first-order valence-corrected chi connectivity index (χ1v) is 9.06. The van der Waals surface area contributed by atoms with E-state index < -0.39 is 5.60 Å². The molecule has 1 unspecified atom stereocenters. The molecular formula is C21H25ClO4. The number of carbonyl (C=O) groups excluding carboxylic acids is 1. The van der Waals surface area contributed by atoms with Crippen LogP contribution in [0.25, 0.3) is 0 Å². The zero-order valence-electron chi connectivity index (χ0n) is 15.4. The summed E-state index contributed by atoms with van der Waals surface area (Å²) in [5.41, 5.74) is -0.349. The molecule has 0 radical (unpaired) electrons. The third-order valence-electron chi connectivity index (χ3n) is 3.95. The van der Waals surface area contributed by atoms with Crippen molar-refractivity contribution in [3.63, 3.8) is 0 Å². The first-order valence-electron chi connectivity index (χ1n) is 8.68. The molecule has 140 valence electrons. The van der Waals surface area contributed by atoms with Gasteiger partial charge in [0.25, 0.3) is 0 Å². The normalized spacial score (nSPS) is 13.3. The van der Waals surface area contributed by atoms with Crippen LogP contribution in [0.5, 0.6) is 11.5 Å². The number of rotatable bonds is 8. The average Bonchev–Trinajstić information content (AvgIpc) is 2.56. The molecule has 2 aromatic carbocycles. The van der Waals surface area contributed by atoms with Crippen molar-refractivity contribution in [2.75, 3.05) is 6.61 Å². The van der Waals surface area contributed by atoms with Crippen LogP contribution < -0.4 is 4.74 Å². The fraction of sp³-hybridized carbons (Fsp3) is 0.381. The summed E-state index contributed by atoms with van der Waals surface area (Å²) in [6.45, 7) is 5.82. The topological polar surface area (TPSA) is 55.8 Å². The van der Waals surface area contributed by atoms with Gasteiger partial charge in [-0.05, 0) is 54.8 Å². The molecule has 1 N–H and O–H groups in total. The van der Waals surface area contributed by atoms with Crippen molar-refractivity contribution in [3.05, 3.63) is 59.1 Å². The number of halogens is 1. The first-order chi connectivity index (χ1) is 12.3. The van der Waals surface area contributed by atoms with E-state index in [1.165, 1.54) is 0 Å². The lowest BCUT2D eigenvalue weighted by Crippen LogP contribution is -2.24. The maximum Gasteiger partial charge on any atom is 0.306 e. The highest BCUT2D eigenvalue weighted by molar-refractivity contribution is 6.30. The van der Waals surface area contributed by atoms with Gasteiger partial charge in [-0.25, -0.2) is 0 Å². The lowest BCUT2D eigenvalue weighted by Gasteiger charge is -2.24. The molecule has 4 nitrogen and oxygen atoms in total. The van der Waals surface area contributed by atoms with Gasteiger partial charge in [-0.2, -0.15) is 0 Å². The molecule has 0 heterocycles. The van der Waals surface area contributed by atoms with Crippen LogP contribution in [0.1, 0.15) is 39.2 Å². The number of carbonyl (C=O) groups is 1. The molecule has 0 fully saturated rings. The van der Waals surface area contributed by atoms with Crippen molar-refractivity contribution in [1.29, 1.82) is 0 Å². The smallest absolute Gasteiger partial charge is 0.306 e. The van der Waals surface area contributed by atoms with E-state index >= 15 is 0 Å². The van der Waals surface area contributed by atoms with Crippen molar-refractivity contribution in [2.24, 2.45) is 5.92 Å². The van der Waals surface area contributed by atoms with E-state index in [0.29, 0.717) is 29.4 Å². The Morgan fingerprint density at radius 1 is 1.08 bits per heavy atom. The monoisotopic (exact) mass is 376 g/mol. The van der Waals surface area contributed by atoms with Crippen molar-refractivity contribution in [2.45, 2.75) is 39.2 Å². The lowest BCUT2D eigenvalue weighted by molar-refractivity contribution is -0.146. The van der Waals surface area contributed by atoms with Crippen LogP contribution in [0.15, 0.2) is 48.5 Å².